The highest BCUT2D eigenvalue weighted by atomic mass is 16.5. The molecule has 0 saturated heterocycles. The Kier molecular flexibility index (Phi) is 7.11. The number of carbonyl (C=O) groups excluding carboxylic acids is 2. The van der Waals surface area contributed by atoms with Crippen LogP contribution in [0.1, 0.15) is 53.3 Å². The molecule has 1 aromatic rings. The Balaban J connectivity index is 2.63. The second-order valence-corrected chi connectivity index (χ2v) is 4.31. The molecular weight excluding hydrogens is 256 g/mol. The van der Waals surface area contributed by atoms with Crippen molar-refractivity contribution in [3.05, 3.63) is 48.2 Å². The molecular formula is C16H20O4. The monoisotopic (exact) mass is 276 g/mol. The predicted octanol–water partition coefficient (Wildman–Crippen LogP) is 3.72. The summed E-state index contributed by atoms with van der Waals surface area (Å²) in [5.74, 6) is -1.11. The lowest BCUT2D eigenvalue weighted by Gasteiger charge is -2.08. The summed E-state index contributed by atoms with van der Waals surface area (Å²) in [7, 11) is 0. The van der Waals surface area contributed by atoms with E-state index in [1.807, 2.05) is 0 Å². The lowest BCUT2D eigenvalue weighted by atomic mass is 10.1. The molecule has 0 atom stereocenters. The van der Waals surface area contributed by atoms with Crippen LogP contribution >= 0.6 is 0 Å². The predicted molar refractivity (Wildman–Crippen MR) is 76.5 cm³/mol. The molecule has 0 radical (unpaired) electrons. The van der Waals surface area contributed by atoms with E-state index in [-0.39, 0.29) is 11.1 Å². The molecule has 0 heterocycles. The SMILES string of the molecule is C=COC(=O)c1ccccc1C(=O)OCCCCCC. The van der Waals surface area contributed by atoms with E-state index in [1.54, 1.807) is 18.2 Å². The normalized spacial score (nSPS) is 9.85. The van der Waals surface area contributed by atoms with Gasteiger partial charge in [0.25, 0.3) is 0 Å². The molecule has 0 spiro atoms. The largest absolute Gasteiger partial charge is 0.462 e. The van der Waals surface area contributed by atoms with Crippen molar-refractivity contribution in [3.8, 4) is 0 Å². The van der Waals surface area contributed by atoms with Crippen molar-refractivity contribution in [2.45, 2.75) is 32.6 Å². The molecule has 0 N–H and O–H groups in total. The first-order valence-electron chi connectivity index (χ1n) is 6.78. The third-order valence-electron chi connectivity index (χ3n) is 2.79. The number of unbranched alkanes of at least 4 members (excludes halogenated alkanes) is 3. The van der Waals surface area contributed by atoms with Gasteiger partial charge < -0.3 is 9.47 Å². The summed E-state index contributed by atoms with van der Waals surface area (Å²) in [6.45, 7) is 5.80. The molecule has 108 valence electrons. The molecule has 1 aromatic carbocycles. The third-order valence-corrected chi connectivity index (χ3v) is 2.79. The van der Waals surface area contributed by atoms with Gasteiger partial charge in [0, 0.05) is 0 Å². The summed E-state index contributed by atoms with van der Waals surface area (Å²) < 4.78 is 9.86. The Labute approximate surface area is 119 Å². The maximum Gasteiger partial charge on any atom is 0.343 e. The van der Waals surface area contributed by atoms with Crippen LogP contribution in [0.2, 0.25) is 0 Å². The van der Waals surface area contributed by atoms with E-state index in [0.717, 1.165) is 31.9 Å². The zero-order valence-corrected chi connectivity index (χ0v) is 11.8. The Bertz CT molecular complexity index is 465. The first-order valence-corrected chi connectivity index (χ1v) is 6.78. The standard InChI is InChI=1S/C16H20O4/c1-3-5-6-9-12-20-16(18)14-11-8-7-10-13(14)15(17)19-4-2/h4,7-8,10-11H,2-3,5-6,9,12H2,1H3. The van der Waals surface area contributed by atoms with Crippen LogP contribution in [0.25, 0.3) is 0 Å². The fraction of sp³-hybridized carbons (Fsp3) is 0.375. The van der Waals surface area contributed by atoms with Crippen LogP contribution in [0.4, 0.5) is 0 Å². The number of ether oxygens (including phenoxy) is 2. The summed E-state index contributed by atoms with van der Waals surface area (Å²) in [4.78, 5) is 23.6. The lowest BCUT2D eigenvalue weighted by molar-refractivity contribution is 0.0486. The van der Waals surface area contributed by atoms with Crippen LogP contribution in [-0.2, 0) is 9.47 Å². The van der Waals surface area contributed by atoms with Crippen molar-refractivity contribution < 1.29 is 19.1 Å². The van der Waals surface area contributed by atoms with Crippen molar-refractivity contribution in [3.63, 3.8) is 0 Å². The first-order chi connectivity index (χ1) is 9.70. The summed E-state index contributed by atoms with van der Waals surface area (Å²) in [6, 6.07) is 6.42. The molecule has 0 amide bonds. The highest BCUT2D eigenvalue weighted by Gasteiger charge is 2.18. The van der Waals surface area contributed by atoms with Gasteiger partial charge in [-0.1, -0.05) is 44.9 Å². The smallest absolute Gasteiger partial charge is 0.343 e. The molecule has 0 bridgehead atoms. The zero-order valence-electron chi connectivity index (χ0n) is 11.8. The molecule has 20 heavy (non-hydrogen) atoms. The summed E-state index contributed by atoms with van der Waals surface area (Å²) in [5, 5.41) is 0. The van der Waals surface area contributed by atoms with Crippen molar-refractivity contribution in [1.82, 2.24) is 0 Å². The lowest BCUT2D eigenvalue weighted by Crippen LogP contribution is -2.13. The fourth-order valence-electron chi connectivity index (χ4n) is 1.75. The van der Waals surface area contributed by atoms with Gasteiger partial charge in [-0.25, -0.2) is 9.59 Å². The van der Waals surface area contributed by atoms with E-state index in [4.69, 9.17) is 9.47 Å². The van der Waals surface area contributed by atoms with Gasteiger partial charge in [-0.3, -0.25) is 0 Å². The molecule has 0 aliphatic heterocycles. The zero-order chi connectivity index (χ0) is 14.8. The molecule has 1 rings (SSSR count). The van der Waals surface area contributed by atoms with E-state index < -0.39 is 11.9 Å². The molecule has 0 aromatic heterocycles. The topological polar surface area (TPSA) is 52.6 Å². The average Bonchev–Trinajstić information content (AvgIpc) is 2.47. The van der Waals surface area contributed by atoms with Gasteiger partial charge in [0.15, 0.2) is 0 Å². The number of rotatable bonds is 8. The minimum absolute atomic E-state index is 0.186. The molecule has 0 unspecified atom stereocenters. The Morgan fingerprint density at radius 1 is 1.10 bits per heavy atom. The highest BCUT2D eigenvalue weighted by Crippen LogP contribution is 2.12. The van der Waals surface area contributed by atoms with Crippen LogP contribution in [0.3, 0.4) is 0 Å². The van der Waals surface area contributed by atoms with Gasteiger partial charge in [0.1, 0.15) is 0 Å². The number of benzene rings is 1. The van der Waals surface area contributed by atoms with Crippen LogP contribution < -0.4 is 0 Å². The second kappa shape index (κ2) is 8.91. The average molecular weight is 276 g/mol. The van der Waals surface area contributed by atoms with Gasteiger partial charge in [0.2, 0.25) is 0 Å². The van der Waals surface area contributed by atoms with E-state index >= 15 is 0 Å². The molecule has 0 saturated carbocycles. The van der Waals surface area contributed by atoms with Crippen molar-refractivity contribution >= 4 is 11.9 Å². The number of esters is 2. The number of hydrogen-bond donors (Lipinski definition) is 0. The van der Waals surface area contributed by atoms with Gasteiger partial charge >= 0.3 is 11.9 Å². The minimum Gasteiger partial charge on any atom is -0.462 e. The van der Waals surface area contributed by atoms with E-state index in [9.17, 15) is 9.59 Å². The number of carbonyl (C=O) groups is 2. The summed E-state index contributed by atoms with van der Waals surface area (Å²) in [5.41, 5.74) is 0.404. The van der Waals surface area contributed by atoms with Gasteiger partial charge in [-0.05, 0) is 18.6 Å². The van der Waals surface area contributed by atoms with Gasteiger partial charge in [-0.15, -0.1) is 0 Å². The van der Waals surface area contributed by atoms with Crippen molar-refractivity contribution in [1.29, 1.82) is 0 Å². The molecule has 0 aliphatic carbocycles. The van der Waals surface area contributed by atoms with Crippen LogP contribution in [0, 0.1) is 0 Å². The quantitative estimate of drug-likeness (QED) is 0.412. The maximum absolute atomic E-state index is 12.0. The van der Waals surface area contributed by atoms with E-state index in [1.165, 1.54) is 6.07 Å². The Morgan fingerprint density at radius 3 is 2.35 bits per heavy atom. The number of hydrogen-bond acceptors (Lipinski definition) is 4. The van der Waals surface area contributed by atoms with E-state index in [0.29, 0.717) is 6.61 Å². The molecule has 4 nitrogen and oxygen atoms in total. The van der Waals surface area contributed by atoms with E-state index in [2.05, 4.69) is 13.5 Å². The van der Waals surface area contributed by atoms with Crippen molar-refractivity contribution in [2.24, 2.45) is 0 Å². The first kappa shape index (κ1) is 16.0. The van der Waals surface area contributed by atoms with Crippen molar-refractivity contribution in [2.75, 3.05) is 6.61 Å². The van der Waals surface area contributed by atoms with Crippen LogP contribution in [0.15, 0.2) is 37.1 Å². The molecule has 0 fully saturated rings. The maximum atomic E-state index is 12.0. The molecule has 0 aliphatic rings. The minimum atomic E-state index is -0.612. The molecule has 4 heteroatoms. The van der Waals surface area contributed by atoms with Crippen LogP contribution in [0.5, 0.6) is 0 Å². The Hall–Kier alpha value is -2.10. The van der Waals surface area contributed by atoms with Gasteiger partial charge in [-0.2, -0.15) is 0 Å². The van der Waals surface area contributed by atoms with Gasteiger partial charge in [0.05, 0.1) is 24.0 Å². The van der Waals surface area contributed by atoms with Crippen LogP contribution in [-0.4, -0.2) is 18.5 Å². The third kappa shape index (κ3) is 4.88. The summed E-state index contributed by atoms with van der Waals surface area (Å²) in [6.07, 6.45) is 5.15. The Morgan fingerprint density at radius 2 is 1.75 bits per heavy atom. The highest BCUT2D eigenvalue weighted by molar-refractivity contribution is 6.03. The fourth-order valence-corrected chi connectivity index (χ4v) is 1.75. The summed E-state index contributed by atoms with van der Waals surface area (Å²) >= 11 is 0. The second-order valence-electron chi connectivity index (χ2n) is 4.31.